The third-order valence-electron chi connectivity index (χ3n) is 2.88. The summed E-state index contributed by atoms with van der Waals surface area (Å²) in [5.74, 6) is -0.568. The highest BCUT2D eigenvalue weighted by atomic mass is 32.2. The molecular formula is C16H17N3O2S2. The van der Waals surface area contributed by atoms with E-state index in [-0.39, 0.29) is 11.7 Å². The number of para-hydroxylation sites is 1. The minimum absolute atomic E-state index is 0.217. The molecule has 0 aliphatic rings. The number of rotatable bonds is 6. The van der Waals surface area contributed by atoms with Crippen molar-refractivity contribution in [2.24, 2.45) is 0 Å². The molecule has 0 saturated heterocycles. The van der Waals surface area contributed by atoms with Gasteiger partial charge in [-0.05, 0) is 38.3 Å². The molecule has 1 atom stereocenters. The van der Waals surface area contributed by atoms with Crippen molar-refractivity contribution in [2.75, 3.05) is 11.6 Å². The first-order valence-corrected chi connectivity index (χ1v) is 9.02. The molecule has 0 fully saturated rings. The van der Waals surface area contributed by atoms with Gasteiger partial charge in [-0.25, -0.2) is 9.97 Å². The van der Waals surface area contributed by atoms with E-state index in [1.807, 2.05) is 31.4 Å². The van der Waals surface area contributed by atoms with Gasteiger partial charge in [0.2, 0.25) is 5.91 Å². The summed E-state index contributed by atoms with van der Waals surface area (Å²) in [4.78, 5) is 32.9. The van der Waals surface area contributed by atoms with Gasteiger partial charge in [-0.15, -0.1) is 0 Å². The van der Waals surface area contributed by atoms with Gasteiger partial charge in [-0.2, -0.15) is 0 Å². The fraction of sp³-hybridized carbons (Fsp3) is 0.250. The summed E-state index contributed by atoms with van der Waals surface area (Å²) in [6.45, 7) is 3.27. The van der Waals surface area contributed by atoms with E-state index >= 15 is 0 Å². The van der Waals surface area contributed by atoms with Crippen LogP contribution in [-0.4, -0.2) is 33.2 Å². The molecule has 1 aromatic heterocycles. The second-order valence-corrected chi connectivity index (χ2v) is 6.70. The zero-order valence-electron chi connectivity index (χ0n) is 13.1. The number of anilines is 1. The SMILES string of the molecule is CSc1nc(C)cc(SC(C(C)=O)C(=O)Nc2ccccc2)n1. The highest BCUT2D eigenvalue weighted by molar-refractivity contribution is 8.01. The number of nitrogens with zero attached hydrogens (tertiary/aromatic N) is 2. The van der Waals surface area contributed by atoms with Crippen LogP contribution in [0.3, 0.4) is 0 Å². The Morgan fingerprint density at radius 3 is 2.48 bits per heavy atom. The maximum atomic E-state index is 12.4. The smallest absolute Gasteiger partial charge is 0.245 e. The van der Waals surface area contributed by atoms with Gasteiger partial charge in [-0.3, -0.25) is 9.59 Å². The van der Waals surface area contributed by atoms with Crippen molar-refractivity contribution < 1.29 is 9.59 Å². The number of aryl methyl sites for hydroxylation is 1. The number of nitrogens with one attached hydrogen (secondary N) is 1. The molecule has 1 amide bonds. The summed E-state index contributed by atoms with van der Waals surface area (Å²) in [6.07, 6.45) is 1.88. The Bertz CT molecular complexity index is 708. The summed E-state index contributed by atoms with van der Waals surface area (Å²) in [6, 6.07) is 10.8. The van der Waals surface area contributed by atoms with Gasteiger partial charge in [0.1, 0.15) is 10.3 Å². The van der Waals surface area contributed by atoms with Gasteiger partial charge >= 0.3 is 0 Å². The summed E-state index contributed by atoms with van der Waals surface area (Å²) in [5, 5.41) is 3.15. The summed E-state index contributed by atoms with van der Waals surface area (Å²) >= 11 is 2.56. The minimum atomic E-state index is -0.848. The van der Waals surface area contributed by atoms with Crippen LogP contribution in [-0.2, 0) is 9.59 Å². The van der Waals surface area contributed by atoms with Crippen LogP contribution >= 0.6 is 23.5 Å². The highest BCUT2D eigenvalue weighted by Crippen LogP contribution is 2.25. The molecule has 2 aromatic rings. The van der Waals surface area contributed by atoms with E-state index in [2.05, 4.69) is 15.3 Å². The molecule has 1 unspecified atom stereocenters. The van der Waals surface area contributed by atoms with Crippen LogP contribution < -0.4 is 5.32 Å². The van der Waals surface area contributed by atoms with Crippen molar-refractivity contribution in [3.8, 4) is 0 Å². The second-order valence-electron chi connectivity index (χ2n) is 4.80. The number of amides is 1. The number of carbonyl (C=O) groups excluding carboxylic acids is 2. The number of aromatic nitrogens is 2. The average Bonchev–Trinajstić information content (AvgIpc) is 2.52. The van der Waals surface area contributed by atoms with E-state index in [0.717, 1.165) is 17.5 Å². The van der Waals surface area contributed by atoms with Crippen molar-refractivity contribution in [2.45, 2.75) is 29.3 Å². The number of benzene rings is 1. The van der Waals surface area contributed by atoms with E-state index in [1.54, 1.807) is 18.2 Å². The number of Topliss-reactive ketones (excluding diaryl/α,β-unsaturated/α-hetero) is 1. The first kappa shape index (κ1) is 17.5. The normalized spacial score (nSPS) is 11.8. The lowest BCUT2D eigenvalue weighted by molar-refractivity contribution is -0.123. The summed E-state index contributed by atoms with van der Waals surface area (Å²) < 4.78 is 0. The third-order valence-corrected chi connectivity index (χ3v) is 4.66. The van der Waals surface area contributed by atoms with Gasteiger partial charge in [0.15, 0.2) is 10.9 Å². The molecule has 0 bridgehead atoms. The molecule has 1 N–H and O–H groups in total. The van der Waals surface area contributed by atoms with Gasteiger partial charge in [0.25, 0.3) is 0 Å². The van der Waals surface area contributed by atoms with Crippen LogP contribution in [0.2, 0.25) is 0 Å². The molecule has 0 spiro atoms. The lowest BCUT2D eigenvalue weighted by atomic mass is 10.2. The maximum absolute atomic E-state index is 12.4. The molecule has 2 rings (SSSR count). The van der Waals surface area contributed by atoms with E-state index in [0.29, 0.717) is 15.9 Å². The number of hydrogen-bond donors (Lipinski definition) is 1. The van der Waals surface area contributed by atoms with Crippen molar-refractivity contribution in [3.05, 3.63) is 42.1 Å². The van der Waals surface area contributed by atoms with Gasteiger partial charge in [0, 0.05) is 11.4 Å². The van der Waals surface area contributed by atoms with Crippen LogP contribution in [0.25, 0.3) is 0 Å². The highest BCUT2D eigenvalue weighted by Gasteiger charge is 2.25. The Balaban J connectivity index is 2.17. The zero-order chi connectivity index (χ0) is 16.8. The van der Waals surface area contributed by atoms with Crippen LogP contribution in [0.5, 0.6) is 0 Å². The van der Waals surface area contributed by atoms with E-state index in [1.165, 1.54) is 18.7 Å². The van der Waals surface area contributed by atoms with Gasteiger partial charge in [0.05, 0.1) is 0 Å². The molecule has 120 valence electrons. The molecule has 23 heavy (non-hydrogen) atoms. The van der Waals surface area contributed by atoms with E-state index < -0.39 is 5.25 Å². The molecule has 0 saturated carbocycles. The number of carbonyl (C=O) groups is 2. The quantitative estimate of drug-likeness (QED) is 0.374. The zero-order valence-corrected chi connectivity index (χ0v) is 14.7. The summed E-state index contributed by atoms with van der Waals surface area (Å²) in [5.41, 5.74) is 1.46. The molecular weight excluding hydrogens is 330 g/mol. The molecule has 0 aliphatic carbocycles. The van der Waals surface area contributed by atoms with E-state index in [9.17, 15) is 9.59 Å². The Labute approximate surface area is 143 Å². The largest absolute Gasteiger partial charge is 0.325 e. The Morgan fingerprint density at radius 2 is 1.87 bits per heavy atom. The molecule has 1 heterocycles. The molecule has 7 heteroatoms. The Morgan fingerprint density at radius 1 is 1.17 bits per heavy atom. The number of ketones is 1. The van der Waals surface area contributed by atoms with Crippen LogP contribution in [0, 0.1) is 6.92 Å². The Kier molecular flexibility index (Phi) is 6.18. The molecule has 1 aromatic carbocycles. The van der Waals surface area contributed by atoms with Crippen LogP contribution in [0.4, 0.5) is 5.69 Å². The number of hydrogen-bond acceptors (Lipinski definition) is 6. The first-order chi connectivity index (χ1) is 11.0. The van der Waals surface area contributed by atoms with Gasteiger partial charge < -0.3 is 5.32 Å². The van der Waals surface area contributed by atoms with Gasteiger partial charge in [-0.1, -0.05) is 41.7 Å². The topological polar surface area (TPSA) is 72.0 Å². The van der Waals surface area contributed by atoms with Crippen molar-refractivity contribution in [1.82, 2.24) is 9.97 Å². The molecule has 5 nitrogen and oxygen atoms in total. The molecule has 0 aliphatic heterocycles. The monoisotopic (exact) mass is 347 g/mol. The lowest BCUT2D eigenvalue weighted by Gasteiger charge is -2.14. The van der Waals surface area contributed by atoms with Crippen molar-refractivity contribution in [3.63, 3.8) is 0 Å². The second kappa shape index (κ2) is 8.12. The standard InChI is InChI=1S/C16H17N3O2S2/c1-10-9-13(19-16(17-10)22-3)23-14(11(2)20)15(21)18-12-7-5-4-6-8-12/h4-9,14H,1-3H3,(H,18,21). The third kappa shape index (κ3) is 5.07. The van der Waals surface area contributed by atoms with Crippen LogP contribution in [0.1, 0.15) is 12.6 Å². The van der Waals surface area contributed by atoms with Crippen LogP contribution in [0.15, 0.2) is 46.6 Å². The predicted octanol–water partition coefficient (Wildman–Crippen LogP) is 3.20. The average molecular weight is 347 g/mol. The lowest BCUT2D eigenvalue weighted by Crippen LogP contribution is -2.31. The maximum Gasteiger partial charge on any atom is 0.245 e. The fourth-order valence-corrected chi connectivity index (χ4v) is 3.27. The van der Waals surface area contributed by atoms with E-state index in [4.69, 9.17) is 0 Å². The molecule has 0 radical (unpaired) electrons. The van der Waals surface area contributed by atoms with Crippen molar-refractivity contribution in [1.29, 1.82) is 0 Å². The Hall–Kier alpha value is -1.86. The predicted molar refractivity (Wildman–Crippen MR) is 93.9 cm³/mol. The fourth-order valence-electron chi connectivity index (χ4n) is 1.84. The first-order valence-electron chi connectivity index (χ1n) is 6.92. The van der Waals surface area contributed by atoms with Crippen molar-refractivity contribution >= 4 is 40.9 Å². The summed E-state index contributed by atoms with van der Waals surface area (Å²) in [7, 11) is 0. The minimum Gasteiger partial charge on any atom is -0.325 e. The number of thioether (sulfide) groups is 2.